The zero-order chi connectivity index (χ0) is 15.1. The van der Waals surface area contributed by atoms with E-state index < -0.39 is 0 Å². The van der Waals surface area contributed by atoms with Gasteiger partial charge in [0.15, 0.2) is 5.58 Å². The van der Waals surface area contributed by atoms with E-state index in [9.17, 15) is 0 Å². The second kappa shape index (κ2) is 5.05. The predicted octanol–water partition coefficient (Wildman–Crippen LogP) is 4.00. The van der Waals surface area contributed by atoms with Crippen LogP contribution in [0.1, 0.15) is 24.8 Å². The zero-order valence-electron chi connectivity index (χ0n) is 12.4. The second-order valence-electron chi connectivity index (χ2n) is 6.12. The minimum atomic E-state index is 0.259. The molecule has 0 aliphatic heterocycles. The van der Waals surface area contributed by atoms with Crippen molar-refractivity contribution < 1.29 is 4.42 Å². The first kappa shape index (κ1) is 13.2. The van der Waals surface area contributed by atoms with Crippen LogP contribution in [0.25, 0.3) is 22.2 Å². The highest BCUT2D eigenvalue weighted by Gasteiger charge is 2.19. The van der Waals surface area contributed by atoms with Gasteiger partial charge < -0.3 is 15.9 Å². The fourth-order valence-corrected chi connectivity index (χ4v) is 3.14. The van der Waals surface area contributed by atoms with E-state index in [1.54, 1.807) is 6.20 Å². The van der Waals surface area contributed by atoms with Crippen LogP contribution in [0.15, 0.2) is 40.9 Å². The summed E-state index contributed by atoms with van der Waals surface area (Å²) in [5.74, 6) is 1.10. The van der Waals surface area contributed by atoms with Gasteiger partial charge in [0.25, 0.3) is 0 Å². The molecule has 0 saturated heterocycles. The van der Waals surface area contributed by atoms with Crippen LogP contribution in [-0.2, 0) is 6.42 Å². The van der Waals surface area contributed by atoms with E-state index in [1.807, 2.05) is 6.07 Å². The van der Waals surface area contributed by atoms with Gasteiger partial charge in [-0.15, -0.1) is 0 Å². The molecule has 2 aromatic heterocycles. The lowest BCUT2D eigenvalue weighted by atomic mass is 9.81. The van der Waals surface area contributed by atoms with E-state index in [-0.39, 0.29) is 5.88 Å². The molecule has 0 amide bonds. The third-order valence-corrected chi connectivity index (χ3v) is 4.62. The van der Waals surface area contributed by atoms with E-state index in [0.717, 1.165) is 29.0 Å². The zero-order valence-corrected chi connectivity index (χ0v) is 12.4. The van der Waals surface area contributed by atoms with E-state index in [2.05, 4.69) is 29.2 Å². The lowest BCUT2D eigenvalue weighted by Gasteiger charge is -2.25. The highest BCUT2D eigenvalue weighted by Crippen LogP contribution is 2.36. The molecule has 1 saturated carbocycles. The monoisotopic (exact) mass is 293 g/mol. The summed E-state index contributed by atoms with van der Waals surface area (Å²) >= 11 is 0. The largest absolute Gasteiger partial charge is 0.436 e. The summed E-state index contributed by atoms with van der Waals surface area (Å²) in [6.45, 7) is 0. The van der Waals surface area contributed by atoms with E-state index in [1.165, 1.54) is 24.8 Å². The van der Waals surface area contributed by atoms with Gasteiger partial charge in [0, 0.05) is 17.1 Å². The van der Waals surface area contributed by atoms with Gasteiger partial charge in [-0.05, 0) is 30.0 Å². The van der Waals surface area contributed by atoms with Crippen molar-refractivity contribution in [3.63, 3.8) is 0 Å². The summed E-state index contributed by atoms with van der Waals surface area (Å²) < 4.78 is 5.63. The Labute approximate surface area is 129 Å². The van der Waals surface area contributed by atoms with Crippen LogP contribution in [0, 0.1) is 5.92 Å². The van der Waals surface area contributed by atoms with Gasteiger partial charge in [0.1, 0.15) is 11.4 Å². The first-order chi connectivity index (χ1) is 10.7. The molecule has 0 unspecified atom stereocenters. The SMILES string of the molecule is Nc1oc2c(-c3cccc(CC4CCC4)c3)nccc2c1N. The average Bonchev–Trinajstić information content (AvgIpc) is 2.79. The predicted molar refractivity (Wildman–Crippen MR) is 89.3 cm³/mol. The van der Waals surface area contributed by atoms with Gasteiger partial charge in [-0.2, -0.15) is 0 Å². The minimum Gasteiger partial charge on any atom is -0.436 e. The number of nitrogens with two attached hydrogens (primary N) is 2. The molecule has 22 heavy (non-hydrogen) atoms. The lowest BCUT2D eigenvalue weighted by molar-refractivity contribution is 0.314. The second-order valence-corrected chi connectivity index (χ2v) is 6.12. The number of rotatable bonds is 3. The number of benzene rings is 1. The Hall–Kier alpha value is -2.49. The molecule has 2 heterocycles. The molecule has 0 bridgehead atoms. The van der Waals surface area contributed by atoms with Crippen LogP contribution in [0.3, 0.4) is 0 Å². The fourth-order valence-electron chi connectivity index (χ4n) is 3.14. The summed E-state index contributed by atoms with van der Waals surface area (Å²) in [6, 6.07) is 10.4. The number of pyridine rings is 1. The number of hydrogen-bond acceptors (Lipinski definition) is 4. The number of furan rings is 1. The van der Waals surface area contributed by atoms with Crippen molar-refractivity contribution in [2.24, 2.45) is 5.92 Å². The molecule has 1 aliphatic rings. The van der Waals surface area contributed by atoms with Crippen LogP contribution >= 0.6 is 0 Å². The Balaban J connectivity index is 1.78. The average molecular weight is 293 g/mol. The fraction of sp³-hybridized carbons (Fsp3) is 0.278. The molecule has 3 aromatic rings. The number of anilines is 2. The standard InChI is InChI=1S/C18H19N3O/c19-15-14-7-8-21-16(17(14)22-18(15)20)13-6-2-5-12(10-13)9-11-3-1-4-11/h2,5-8,10-11H,1,3-4,9,19-20H2. The Morgan fingerprint density at radius 1 is 1.18 bits per heavy atom. The maximum absolute atomic E-state index is 5.96. The van der Waals surface area contributed by atoms with E-state index in [4.69, 9.17) is 15.9 Å². The smallest absolute Gasteiger partial charge is 0.214 e. The van der Waals surface area contributed by atoms with Crippen molar-refractivity contribution in [2.75, 3.05) is 11.5 Å². The van der Waals surface area contributed by atoms with Crippen LogP contribution < -0.4 is 11.5 Å². The molecule has 0 spiro atoms. The third-order valence-electron chi connectivity index (χ3n) is 4.62. The Kier molecular flexibility index (Phi) is 3.03. The normalized spacial score (nSPS) is 15.1. The van der Waals surface area contributed by atoms with Crippen molar-refractivity contribution >= 4 is 22.5 Å². The molecule has 1 aromatic carbocycles. The number of fused-ring (bicyclic) bond motifs is 1. The van der Waals surface area contributed by atoms with Crippen LogP contribution in [0.4, 0.5) is 11.6 Å². The van der Waals surface area contributed by atoms with Crippen molar-refractivity contribution in [3.05, 3.63) is 42.1 Å². The summed E-state index contributed by atoms with van der Waals surface area (Å²) in [5, 5.41) is 0.826. The van der Waals surface area contributed by atoms with Crippen LogP contribution in [0.5, 0.6) is 0 Å². The summed E-state index contributed by atoms with van der Waals surface area (Å²) in [4.78, 5) is 4.48. The van der Waals surface area contributed by atoms with Crippen molar-refractivity contribution in [1.82, 2.24) is 4.98 Å². The molecule has 1 aliphatic carbocycles. The highest BCUT2D eigenvalue weighted by atomic mass is 16.3. The molecule has 1 fully saturated rings. The van der Waals surface area contributed by atoms with Gasteiger partial charge in [-0.3, -0.25) is 4.98 Å². The molecular formula is C18H19N3O. The maximum atomic E-state index is 5.96. The topological polar surface area (TPSA) is 78.1 Å². The summed E-state index contributed by atoms with van der Waals surface area (Å²) in [6.07, 6.45) is 6.97. The molecule has 0 radical (unpaired) electrons. The number of hydrogen-bond donors (Lipinski definition) is 2. The molecule has 0 atom stereocenters. The quantitative estimate of drug-likeness (QED) is 0.765. The van der Waals surface area contributed by atoms with E-state index >= 15 is 0 Å². The van der Waals surface area contributed by atoms with Crippen LogP contribution in [0.2, 0.25) is 0 Å². The van der Waals surface area contributed by atoms with Gasteiger partial charge in [0.05, 0.1) is 0 Å². The number of nitrogen functional groups attached to an aromatic ring is 2. The molecule has 112 valence electrons. The van der Waals surface area contributed by atoms with Crippen molar-refractivity contribution in [2.45, 2.75) is 25.7 Å². The summed E-state index contributed by atoms with van der Waals surface area (Å²) in [7, 11) is 0. The first-order valence-corrected chi connectivity index (χ1v) is 7.74. The Morgan fingerprint density at radius 2 is 2.05 bits per heavy atom. The Bertz CT molecular complexity index is 833. The minimum absolute atomic E-state index is 0.259. The van der Waals surface area contributed by atoms with Gasteiger partial charge in [-0.1, -0.05) is 37.5 Å². The van der Waals surface area contributed by atoms with Crippen molar-refractivity contribution in [3.8, 4) is 11.3 Å². The molecular weight excluding hydrogens is 274 g/mol. The summed E-state index contributed by atoms with van der Waals surface area (Å²) in [5.41, 5.74) is 16.1. The number of nitrogens with zero attached hydrogens (tertiary/aromatic N) is 1. The molecule has 4 heteroatoms. The van der Waals surface area contributed by atoms with Crippen molar-refractivity contribution in [1.29, 1.82) is 0 Å². The molecule has 4 N–H and O–H groups in total. The van der Waals surface area contributed by atoms with Crippen LogP contribution in [-0.4, -0.2) is 4.98 Å². The first-order valence-electron chi connectivity index (χ1n) is 7.74. The highest BCUT2D eigenvalue weighted by molar-refractivity contribution is 6.01. The van der Waals surface area contributed by atoms with E-state index in [0.29, 0.717) is 11.3 Å². The molecule has 4 rings (SSSR count). The van der Waals surface area contributed by atoms with Gasteiger partial charge in [-0.25, -0.2) is 0 Å². The third kappa shape index (κ3) is 2.11. The Morgan fingerprint density at radius 3 is 2.82 bits per heavy atom. The van der Waals surface area contributed by atoms with Gasteiger partial charge in [0.2, 0.25) is 5.88 Å². The molecule has 4 nitrogen and oxygen atoms in total. The van der Waals surface area contributed by atoms with Gasteiger partial charge >= 0.3 is 0 Å². The number of aromatic nitrogens is 1. The lowest BCUT2D eigenvalue weighted by Crippen LogP contribution is -2.13. The maximum Gasteiger partial charge on any atom is 0.214 e.